The van der Waals surface area contributed by atoms with Crippen molar-refractivity contribution in [3.8, 4) is 0 Å². The van der Waals surface area contributed by atoms with E-state index in [1.165, 1.54) is 12.1 Å². The second-order valence-electron chi connectivity index (χ2n) is 3.91. The molecule has 0 aliphatic carbocycles. The predicted molar refractivity (Wildman–Crippen MR) is 72.3 cm³/mol. The number of rotatable bonds is 3. The molecular formula is C13H10ClF2NOS. The maximum atomic E-state index is 13.5. The molecule has 2 rings (SSSR count). The molecule has 2 N–H and O–H groups in total. The summed E-state index contributed by atoms with van der Waals surface area (Å²) in [6, 6.07) is 7.74. The zero-order valence-corrected chi connectivity index (χ0v) is 11.3. The molecule has 0 aromatic heterocycles. The number of nitrogens with two attached hydrogens (primary N) is 1. The molecule has 1 atom stereocenters. The van der Waals surface area contributed by atoms with Gasteiger partial charge < -0.3 is 5.73 Å². The first kappa shape index (κ1) is 14.0. The van der Waals surface area contributed by atoms with Crippen molar-refractivity contribution in [2.45, 2.75) is 10.6 Å². The monoisotopic (exact) mass is 301 g/mol. The highest BCUT2D eigenvalue weighted by atomic mass is 35.5. The molecule has 0 aliphatic heterocycles. The van der Waals surface area contributed by atoms with E-state index in [-0.39, 0.29) is 10.6 Å². The van der Waals surface area contributed by atoms with Crippen LogP contribution in [0.2, 0.25) is 5.02 Å². The third-order valence-electron chi connectivity index (χ3n) is 2.53. The fourth-order valence-electron chi connectivity index (χ4n) is 1.58. The minimum Gasteiger partial charge on any atom is -0.398 e. The van der Waals surface area contributed by atoms with Crippen molar-refractivity contribution < 1.29 is 13.0 Å². The van der Waals surface area contributed by atoms with Gasteiger partial charge in [-0.2, -0.15) is 0 Å². The van der Waals surface area contributed by atoms with E-state index < -0.39 is 22.4 Å². The van der Waals surface area contributed by atoms with Crippen LogP contribution in [0.15, 0.2) is 41.3 Å². The Morgan fingerprint density at radius 3 is 2.53 bits per heavy atom. The van der Waals surface area contributed by atoms with Crippen LogP contribution in [0.4, 0.5) is 14.5 Å². The van der Waals surface area contributed by atoms with Crippen molar-refractivity contribution in [1.82, 2.24) is 0 Å². The van der Waals surface area contributed by atoms with Gasteiger partial charge in [0, 0.05) is 16.8 Å². The largest absolute Gasteiger partial charge is 0.398 e. The second kappa shape index (κ2) is 5.67. The van der Waals surface area contributed by atoms with Crippen molar-refractivity contribution in [2.75, 3.05) is 5.73 Å². The highest BCUT2D eigenvalue weighted by Gasteiger charge is 2.13. The van der Waals surface area contributed by atoms with E-state index >= 15 is 0 Å². The average Bonchev–Trinajstić information content (AvgIpc) is 2.32. The minimum absolute atomic E-state index is 0.0456. The summed E-state index contributed by atoms with van der Waals surface area (Å²) in [5.74, 6) is -1.49. The Morgan fingerprint density at radius 2 is 1.89 bits per heavy atom. The van der Waals surface area contributed by atoms with E-state index in [0.717, 1.165) is 6.07 Å². The molecule has 6 heteroatoms. The lowest BCUT2D eigenvalue weighted by Gasteiger charge is -2.07. The van der Waals surface area contributed by atoms with E-state index in [1.807, 2.05) is 0 Å². The van der Waals surface area contributed by atoms with Crippen LogP contribution in [0, 0.1) is 11.6 Å². The summed E-state index contributed by atoms with van der Waals surface area (Å²) in [6.45, 7) is 0. The molecule has 0 saturated heterocycles. The third-order valence-corrected chi connectivity index (χ3v) is 4.16. The standard InChI is InChI=1S/C13H10ClF2NOS/c14-9-2-1-8(12(17)5-9)7-19(18)13-4-3-10(15)6-11(13)16/h1-6H,7,17H2. The topological polar surface area (TPSA) is 43.1 Å². The Morgan fingerprint density at radius 1 is 1.16 bits per heavy atom. The zero-order chi connectivity index (χ0) is 14.0. The Balaban J connectivity index is 2.25. The molecule has 2 aromatic carbocycles. The molecule has 1 unspecified atom stereocenters. The molecule has 0 saturated carbocycles. The lowest BCUT2D eigenvalue weighted by atomic mass is 10.2. The Kier molecular flexibility index (Phi) is 4.17. The SMILES string of the molecule is Nc1cc(Cl)ccc1CS(=O)c1ccc(F)cc1F. The van der Waals surface area contributed by atoms with Crippen molar-refractivity contribution >= 4 is 28.1 Å². The normalized spacial score (nSPS) is 12.4. The van der Waals surface area contributed by atoms with Gasteiger partial charge in [0.25, 0.3) is 0 Å². The fraction of sp³-hybridized carbons (Fsp3) is 0.0769. The summed E-state index contributed by atoms with van der Waals surface area (Å²) < 4.78 is 38.3. The van der Waals surface area contributed by atoms with E-state index in [2.05, 4.69) is 0 Å². The summed E-state index contributed by atoms with van der Waals surface area (Å²) in [5.41, 5.74) is 6.73. The first-order chi connectivity index (χ1) is 8.97. The summed E-state index contributed by atoms with van der Waals surface area (Å²) in [6.07, 6.45) is 0. The highest BCUT2D eigenvalue weighted by molar-refractivity contribution is 7.84. The lowest BCUT2D eigenvalue weighted by molar-refractivity contribution is 0.562. The van der Waals surface area contributed by atoms with Crippen LogP contribution in [0.25, 0.3) is 0 Å². The van der Waals surface area contributed by atoms with E-state index in [4.69, 9.17) is 17.3 Å². The molecule has 0 radical (unpaired) electrons. The average molecular weight is 302 g/mol. The molecule has 0 aliphatic rings. The molecule has 0 spiro atoms. The molecular weight excluding hydrogens is 292 g/mol. The van der Waals surface area contributed by atoms with Crippen molar-refractivity contribution in [2.24, 2.45) is 0 Å². The molecule has 100 valence electrons. The van der Waals surface area contributed by atoms with E-state index in [1.54, 1.807) is 12.1 Å². The van der Waals surface area contributed by atoms with Gasteiger partial charge in [0.2, 0.25) is 0 Å². The Labute approximate surface area is 116 Å². The first-order valence-corrected chi connectivity index (χ1v) is 7.04. The van der Waals surface area contributed by atoms with Gasteiger partial charge in [-0.25, -0.2) is 8.78 Å². The van der Waals surface area contributed by atoms with Gasteiger partial charge in [-0.3, -0.25) is 4.21 Å². The molecule has 0 heterocycles. The lowest BCUT2D eigenvalue weighted by Crippen LogP contribution is -2.02. The van der Waals surface area contributed by atoms with E-state index in [0.29, 0.717) is 22.3 Å². The summed E-state index contributed by atoms with van der Waals surface area (Å²) >= 11 is 5.76. The Hall–Kier alpha value is -1.46. The van der Waals surface area contributed by atoms with Crippen LogP contribution in [0.1, 0.15) is 5.56 Å². The van der Waals surface area contributed by atoms with Crippen molar-refractivity contribution in [3.63, 3.8) is 0 Å². The third kappa shape index (κ3) is 3.30. The molecule has 0 bridgehead atoms. The number of nitrogen functional groups attached to an aromatic ring is 1. The number of hydrogen-bond donors (Lipinski definition) is 1. The molecule has 0 fully saturated rings. The van der Waals surface area contributed by atoms with E-state index in [9.17, 15) is 13.0 Å². The second-order valence-corrected chi connectivity index (χ2v) is 5.76. The van der Waals surface area contributed by atoms with Gasteiger partial charge in [-0.15, -0.1) is 0 Å². The quantitative estimate of drug-likeness (QED) is 0.882. The molecule has 0 amide bonds. The smallest absolute Gasteiger partial charge is 0.142 e. The predicted octanol–water partition coefficient (Wildman–Crippen LogP) is 3.51. The maximum absolute atomic E-state index is 13.5. The van der Waals surface area contributed by atoms with Gasteiger partial charge in [-0.05, 0) is 29.8 Å². The zero-order valence-electron chi connectivity index (χ0n) is 9.70. The van der Waals surface area contributed by atoms with Crippen LogP contribution in [0.3, 0.4) is 0 Å². The minimum atomic E-state index is -1.64. The molecule has 2 nitrogen and oxygen atoms in total. The fourth-order valence-corrected chi connectivity index (χ4v) is 2.95. The van der Waals surface area contributed by atoms with Gasteiger partial charge in [0.15, 0.2) is 0 Å². The first-order valence-electron chi connectivity index (χ1n) is 5.34. The number of benzene rings is 2. The Bertz CT molecular complexity index is 649. The number of halogens is 3. The van der Waals surface area contributed by atoms with Crippen molar-refractivity contribution in [3.05, 3.63) is 58.6 Å². The van der Waals surface area contributed by atoms with Gasteiger partial charge in [0.1, 0.15) is 11.6 Å². The molecule has 2 aromatic rings. The van der Waals surface area contributed by atoms with Gasteiger partial charge in [-0.1, -0.05) is 17.7 Å². The summed E-state index contributed by atoms with van der Waals surface area (Å²) in [4.78, 5) is -0.0456. The van der Waals surface area contributed by atoms with Gasteiger partial charge in [0.05, 0.1) is 21.4 Å². The summed E-state index contributed by atoms with van der Waals surface area (Å²) in [5, 5.41) is 0.472. The van der Waals surface area contributed by atoms with Crippen LogP contribution in [-0.2, 0) is 16.6 Å². The summed E-state index contributed by atoms with van der Waals surface area (Å²) in [7, 11) is -1.64. The van der Waals surface area contributed by atoms with Crippen LogP contribution >= 0.6 is 11.6 Å². The highest BCUT2D eigenvalue weighted by Crippen LogP contribution is 2.22. The van der Waals surface area contributed by atoms with Gasteiger partial charge >= 0.3 is 0 Å². The number of anilines is 1. The van der Waals surface area contributed by atoms with Crippen molar-refractivity contribution in [1.29, 1.82) is 0 Å². The van der Waals surface area contributed by atoms with Crippen LogP contribution < -0.4 is 5.73 Å². The number of hydrogen-bond acceptors (Lipinski definition) is 2. The maximum Gasteiger partial charge on any atom is 0.142 e. The molecule has 19 heavy (non-hydrogen) atoms. The van der Waals surface area contributed by atoms with Crippen LogP contribution in [0.5, 0.6) is 0 Å². The van der Waals surface area contributed by atoms with Crippen LogP contribution in [-0.4, -0.2) is 4.21 Å².